The van der Waals surface area contributed by atoms with Gasteiger partial charge in [-0.1, -0.05) is 6.08 Å². The minimum Gasteiger partial charge on any atom is -0.370 e. The van der Waals surface area contributed by atoms with Gasteiger partial charge in [0.1, 0.15) is 5.82 Å². The molecule has 0 spiro atoms. The van der Waals surface area contributed by atoms with Gasteiger partial charge in [0.2, 0.25) is 0 Å². The van der Waals surface area contributed by atoms with E-state index in [-0.39, 0.29) is 0 Å². The smallest absolute Gasteiger partial charge is 0.129 e. The Morgan fingerprint density at radius 1 is 1.50 bits per heavy atom. The SMILES string of the molecule is C/C=N\C1=C(C(/C)=C\C)CCN1. The van der Waals surface area contributed by atoms with Crippen molar-refractivity contribution in [3.05, 3.63) is 23.0 Å². The van der Waals surface area contributed by atoms with Gasteiger partial charge in [0, 0.05) is 12.8 Å². The third kappa shape index (κ3) is 1.76. The highest BCUT2D eigenvalue weighted by molar-refractivity contribution is 5.56. The molecule has 1 aliphatic heterocycles. The normalized spacial score (nSPS) is 19.1. The quantitative estimate of drug-likeness (QED) is 0.622. The van der Waals surface area contributed by atoms with Crippen LogP contribution in [0.3, 0.4) is 0 Å². The first kappa shape index (κ1) is 9.04. The van der Waals surface area contributed by atoms with E-state index in [4.69, 9.17) is 0 Å². The fraction of sp³-hybridized carbons (Fsp3) is 0.500. The minimum atomic E-state index is 1.02. The first-order valence-corrected chi connectivity index (χ1v) is 4.38. The van der Waals surface area contributed by atoms with Crippen LogP contribution in [0.4, 0.5) is 0 Å². The Labute approximate surface area is 74.1 Å². The summed E-state index contributed by atoms with van der Waals surface area (Å²) in [6, 6.07) is 0. The van der Waals surface area contributed by atoms with Crippen LogP contribution in [0.2, 0.25) is 0 Å². The summed E-state index contributed by atoms with van der Waals surface area (Å²) in [5.41, 5.74) is 2.69. The van der Waals surface area contributed by atoms with Gasteiger partial charge in [-0.15, -0.1) is 0 Å². The van der Waals surface area contributed by atoms with Gasteiger partial charge in [-0.2, -0.15) is 0 Å². The molecule has 2 heteroatoms. The lowest BCUT2D eigenvalue weighted by Gasteiger charge is -2.01. The molecule has 66 valence electrons. The topological polar surface area (TPSA) is 24.4 Å². The molecule has 0 amide bonds. The molecule has 1 N–H and O–H groups in total. The van der Waals surface area contributed by atoms with Crippen LogP contribution in [0.5, 0.6) is 0 Å². The van der Waals surface area contributed by atoms with Gasteiger partial charge in [-0.05, 0) is 38.3 Å². The van der Waals surface area contributed by atoms with Gasteiger partial charge in [0.05, 0.1) is 0 Å². The fourth-order valence-electron chi connectivity index (χ4n) is 1.34. The molecule has 0 aromatic heterocycles. The van der Waals surface area contributed by atoms with Crippen molar-refractivity contribution in [3.8, 4) is 0 Å². The average molecular weight is 164 g/mol. The molecule has 0 bridgehead atoms. The van der Waals surface area contributed by atoms with E-state index < -0.39 is 0 Å². The lowest BCUT2D eigenvalue weighted by atomic mass is 10.1. The van der Waals surface area contributed by atoms with E-state index in [0.717, 1.165) is 18.8 Å². The second-order valence-corrected chi connectivity index (χ2v) is 2.86. The fourth-order valence-corrected chi connectivity index (χ4v) is 1.34. The molecule has 0 aromatic rings. The highest BCUT2D eigenvalue weighted by Gasteiger charge is 2.12. The van der Waals surface area contributed by atoms with Crippen LogP contribution >= 0.6 is 0 Å². The number of aliphatic imine (C=N–C) groups is 1. The summed E-state index contributed by atoms with van der Waals surface area (Å²) in [6.07, 6.45) is 5.06. The molecular weight excluding hydrogens is 148 g/mol. The molecule has 0 unspecified atom stereocenters. The van der Waals surface area contributed by atoms with E-state index in [2.05, 4.69) is 30.2 Å². The Morgan fingerprint density at radius 3 is 2.83 bits per heavy atom. The molecule has 1 aliphatic rings. The Morgan fingerprint density at radius 2 is 2.25 bits per heavy atom. The van der Waals surface area contributed by atoms with Gasteiger partial charge >= 0.3 is 0 Å². The minimum absolute atomic E-state index is 1.02. The summed E-state index contributed by atoms with van der Waals surface area (Å²) < 4.78 is 0. The van der Waals surface area contributed by atoms with E-state index in [0.29, 0.717) is 0 Å². The summed E-state index contributed by atoms with van der Waals surface area (Å²) in [6.45, 7) is 7.16. The molecule has 0 radical (unpaired) electrons. The van der Waals surface area contributed by atoms with E-state index in [1.54, 1.807) is 0 Å². The summed E-state index contributed by atoms with van der Waals surface area (Å²) in [7, 11) is 0. The number of rotatable bonds is 2. The second-order valence-electron chi connectivity index (χ2n) is 2.86. The highest BCUT2D eigenvalue weighted by atomic mass is 15.0. The number of nitrogens with one attached hydrogen (secondary N) is 1. The third-order valence-corrected chi connectivity index (χ3v) is 2.12. The summed E-state index contributed by atoms with van der Waals surface area (Å²) >= 11 is 0. The van der Waals surface area contributed by atoms with Crippen molar-refractivity contribution in [2.24, 2.45) is 4.99 Å². The maximum absolute atomic E-state index is 4.28. The predicted molar refractivity (Wildman–Crippen MR) is 53.2 cm³/mol. The van der Waals surface area contributed by atoms with Crippen LogP contribution in [0.15, 0.2) is 28.0 Å². The van der Waals surface area contributed by atoms with Crippen molar-refractivity contribution in [1.82, 2.24) is 5.32 Å². The molecule has 12 heavy (non-hydrogen) atoms. The molecule has 0 saturated carbocycles. The number of allylic oxidation sites excluding steroid dienone is 2. The van der Waals surface area contributed by atoms with Crippen molar-refractivity contribution in [2.45, 2.75) is 27.2 Å². The number of nitrogens with zero attached hydrogens (tertiary/aromatic N) is 1. The van der Waals surface area contributed by atoms with Gasteiger partial charge in [0.25, 0.3) is 0 Å². The maximum Gasteiger partial charge on any atom is 0.129 e. The Bertz CT molecular complexity index is 247. The molecule has 2 nitrogen and oxygen atoms in total. The van der Waals surface area contributed by atoms with Crippen LogP contribution in [0, 0.1) is 0 Å². The van der Waals surface area contributed by atoms with Gasteiger partial charge in [-0.25, -0.2) is 4.99 Å². The highest BCUT2D eigenvalue weighted by Crippen LogP contribution is 2.21. The monoisotopic (exact) mass is 164 g/mol. The number of hydrogen-bond donors (Lipinski definition) is 1. The summed E-state index contributed by atoms with van der Waals surface area (Å²) in [4.78, 5) is 4.28. The van der Waals surface area contributed by atoms with Crippen LogP contribution in [0.25, 0.3) is 0 Å². The maximum atomic E-state index is 4.28. The molecule has 1 heterocycles. The molecule has 0 fully saturated rings. The van der Waals surface area contributed by atoms with Crippen molar-refractivity contribution >= 4 is 6.21 Å². The Hall–Kier alpha value is -1.05. The van der Waals surface area contributed by atoms with Crippen LogP contribution in [-0.4, -0.2) is 12.8 Å². The van der Waals surface area contributed by atoms with Gasteiger partial charge in [-0.3, -0.25) is 0 Å². The van der Waals surface area contributed by atoms with E-state index in [1.165, 1.54) is 11.1 Å². The van der Waals surface area contributed by atoms with E-state index >= 15 is 0 Å². The first-order chi connectivity index (χ1) is 5.79. The van der Waals surface area contributed by atoms with Crippen LogP contribution < -0.4 is 5.32 Å². The van der Waals surface area contributed by atoms with Crippen LogP contribution in [-0.2, 0) is 0 Å². The second kappa shape index (κ2) is 4.10. The van der Waals surface area contributed by atoms with Crippen LogP contribution in [0.1, 0.15) is 27.2 Å². The van der Waals surface area contributed by atoms with Gasteiger partial charge in [0.15, 0.2) is 0 Å². The van der Waals surface area contributed by atoms with Crippen molar-refractivity contribution in [1.29, 1.82) is 0 Å². The lowest BCUT2D eigenvalue weighted by molar-refractivity contribution is 0.864. The standard InChI is InChI=1S/C10H16N2/c1-4-8(3)9-6-7-12-10(9)11-5-2/h4-5,12H,6-7H2,1-3H3/b8-4-,11-5-. The van der Waals surface area contributed by atoms with Crippen molar-refractivity contribution in [3.63, 3.8) is 0 Å². The predicted octanol–water partition coefficient (Wildman–Crippen LogP) is 2.25. The van der Waals surface area contributed by atoms with Gasteiger partial charge < -0.3 is 5.32 Å². The summed E-state index contributed by atoms with van der Waals surface area (Å²) in [5, 5.41) is 3.26. The van der Waals surface area contributed by atoms with E-state index in [1.807, 2.05) is 13.1 Å². The molecule has 0 aliphatic carbocycles. The molecular formula is C10H16N2. The number of hydrogen-bond acceptors (Lipinski definition) is 2. The third-order valence-electron chi connectivity index (χ3n) is 2.12. The zero-order chi connectivity index (χ0) is 8.97. The molecule has 1 rings (SSSR count). The Kier molecular flexibility index (Phi) is 3.09. The van der Waals surface area contributed by atoms with Crippen molar-refractivity contribution in [2.75, 3.05) is 6.54 Å². The largest absolute Gasteiger partial charge is 0.370 e. The zero-order valence-corrected chi connectivity index (χ0v) is 8.02. The molecule has 0 atom stereocenters. The zero-order valence-electron chi connectivity index (χ0n) is 8.02. The first-order valence-electron chi connectivity index (χ1n) is 4.38. The summed E-state index contributed by atoms with van der Waals surface area (Å²) in [5.74, 6) is 1.05. The molecule has 0 saturated heterocycles. The lowest BCUT2D eigenvalue weighted by Crippen LogP contribution is -2.05. The average Bonchev–Trinajstić information content (AvgIpc) is 2.52. The molecule has 0 aromatic carbocycles. The van der Waals surface area contributed by atoms with Crippen molar-refractivity contribution < 1.29 is 0 Å². The van der Waals surface area contributed by atoms with E-state index in [9.17, 15) is 0 Å². The Balaban J connectivity index is 2.91.